The predicted molar refractivity (Wildman–Crippen MR) is 79.9 cm³/mol. The molecule has 0 amide bonds. The van der Waals surface area contributed by atoms with Crippen LogP contribution in [0, 0.1) is 0 Å². The summed E-state index contributed by atoms with van der Waals surface area (Å²) in [5.74, 6) is 1.02. The van der Waals surface area contributed by atoms with Crippen molar-refractivity contribution in [1.29, 1.82) is 0 Å². The van der Waals surface area contributed by atoms with Gasteiger partial charge in [0, 0.05) is 5.56 Å². The molecule has 0 saturated carbocycles. The van der Waals surface area contributed by atoms with Gasteiger partial charge in [0.25, 0.3) is 0 Å². The van der Waals surface area contributed by atoms with Gasteiger partial charge in [-0.3, -0.25) is 0 Å². The molecule has 0 fully saturated rings. The Labute approximate surface area is 119 Å². The van der Waals surface area contributed by atoms with E-state index < -0.39 is 0 Å². The van der Waals surface area contributed by atoms with Crippen LogP contribution in [-0.2, 0) is 13.1 Å². The standard InChI is InChI=1S/C18H17NO/c1-2-7-15(8-3-1)18-11-5-4-9-16(18)13-19-14-17-10-6-12-20-17/h1-12,19H,13-14H2/p+1. The Morgan fingerprint density at radius 1 is 0.750 bits per heavy atom. The average molecular weight is 264 g/mol. The van der Waals surface area contributed by atoms with E-state index in [0.29, 0.717) is 0 Å². The molecule has 0 spiro atoms. The molecule has 0 aliphatic heterocycles. The van der Waals surface area contributed by atoms with Crippen molar-refractivity contribution in [2.45, 2.75) is 13.1 Å². The van der Waals surface area contributed by atoms with Crippen molar-refractivity contribution in [2.24, 2.45) is 0 Å². The van der Waals surface area contributed by atoms with Gasteiger partial charge in [0.1, 0.15) is 13.1 Å². The fourth-order valence-corrected chi connectivity index (χ4v) is 2.40. The Kier molecular flexibility index (Phi) is 3.95. The fraction of sp³-hybridized carbons (Fsp3) is 0.111. The van der Waals surface area contributed by atoms with Crippen LogP contribution in [-0.4, -0.2) is 0 Å². The smallest absolute Gasteiger partial charge is 0.157 e. The number of benzene rings is 2. The van der Waals surface area contributed by atoms with E-state index in [4.69, 9.17) is 4.42 Å². The Morgan fingerprint density at radius 3 is 2.35 bits per heavy atom. The molecular formula is C18H18NO+. The number of hydrogen-bond donors (Lipinski definition) is 1. The Balaban J connectivity index is 1.73. The summed E-state index contributed by atoms with van der Waals surface area (Å²) in [6, 6.07) is 23.1. The minimum atomic E-state index is 0.871. The van der Waals surface area contributed by atoms with Gasteiger partial charge in [0.2, 0.25) is 0 Å². The molecule has 2 heteroatoms. The lowest BCUT2D eigenvalue weighted by atomic mass is 10.00. The number of furan rings is 1. The van der Waals surface area contributed by atoms with Gasteiger partial charge in [0.05, 0.1) is 6.26 Å². The highest BCUT2D eigenvalue weighted by Gasteiger charge is 2.06. The lowest BCUT2D eigenvalue weighted by Crippen LogP contribution is -2.80. The summed E-state index contributed by atoms with van der Waals surface area (Å²) in [5.41, 5.74) is 3.93. The van der Waals surface area contributed by atoms with Crippen LogP contribution in [0.2, 0.25) is 0 Å². The number of nitrogens with two attached hydrogens (primary N) is 1. The summed E-state index contributed by atoms with van der Waals surface area (Å²) in [5, 5.41) is 2.26. The summed E-state index contributed by atoms with van der Waals surface area (Å²) in [4.78, 5) is 0. The second kappa shape index (κ2) is 6.22. The highest BCUT2D eigenvalue weighted by Crippen LogP contribution is 2.22. The first-order valence-corrected chi connectivity index (χ1v) is 6.91. The molecular weight excluding hydrogens is 246 g/mol. The van der Waals surface area contributed by atoms with Crippen LogP contribution >= 0.6 is 0 Å². The van der Waals surface area contributed by atoms with Crippen molar-refractivity contribution in [3.63, 3.8) is 0 Å². The monoisotopic (exact) mass is 264 g/mol. The van der Waals surface area contributed by atoms with Crippen molar-refractivity contribution in [2.75, 3.05) is 0 Å². The number of rotatable bonds is 5. The van der Waals surface area contributed by atoms with Gasteiger partial charge in [-0.25, -0.2) is 0 Å². The molecule has 3 rings (SSSR count). The molecule has 20 heavy (non-hydrogen) atoms. The van der Waals surface area contributed by atoms with E-state index in [0.717, 1.165) is 18.8 Å². The Morgan fingerprint density at radius 2 is 1.55 bits per heavy atom. The molecule has 0 aliphatic carbocycles. The van der Waals surface area contributed by atoms with Crippen LogP contribution in [0.1, 0.15) is 11.3 Å². The zero-order valence-electron chi connectivity index (χ0n) is 11.3. The maximum atomic E-state index is 5.36. The molecule has 0 radical (unpaired) electrons. The topological polar surface area (TPSA) is 29.8 Å². The first-order chi connectivity index (χ1) is 9.93. The molecule has 2 aromatic carbocycles. The first kappa shape index (κ1) is 12.7. The van der Waals surface area contributed by atoms with Crippen LogP contribution in [0.4, 0.5) is 0 Å². The third-order valence-electron chi connectivity index (χ3n) is 3.39. The molecule has 1 aromatic heterocycles. The van der Waals surface area contributed by atoms with E-state index >= 15 is 0 Å². The maximum absolute atomic E-state index is 5.36. The highest BCUT2D eigenvalue weighted by molar-refractivity contribution is 5.66. The third kappa shape index (κ3) is 2.98. The van der Waals surface area contributed by atoms with E-state index in [-0.39, 0.29) is 0 Å². The van der Waals surface area contributed by atoms with Crippen molar-refractivity contribution in [3.8, 4) is 11.1 Å². The molecule has 2 nitrogen and oxygen atoms in total. The number of hydrogen-bond acceptors (Lipinski definition) is 1. The van der Waals surface area contributed by atoms with Crippen LogP contribution < -0.4 is 5.32 Å². The zero-order valence-corrected chi connectivity index (χ0v) is 11.3. The maximum Gasteiger partial charge on any atom is 0.157 e. The van der Waals surface area contributed by atoms with Gasteiger partial charge in [-0.1, -0.05) is 54.6 Å². The van der Waals surface area contributed by atoms with Gasteiger partial charge < -0.3 is 9.73 Å². The Bertz CT molecular complexity index is 644. The summed E-state index contributed by atoms with van der Waals surface area (Å²) in [6.07, 6.45) is 1.72. The lowest BCUT2D eigenvalue weighted by molar-refractivity contribution is -0.687. The fourth-order valence-electron chi connectivity index (χ4n) is 2.40. The molecule has 3 aromatic rings. The summed E-state index contributed by atoms with van der Waals surface area (Å²) < 4.78 is 5.36. The third-order valence-corrected chi connectivity index (χ3v) is 3.39. The van der Waals surface area contributed by atoms with E-state index in [1.807, 2.05) is 12.1 Å². The summed E-state index contributed by atoms with van der Waals surface area (Å²) in [6.45, 7) is 1.82. The molecule has 0 aliphatic rings. The molecule has 1 heterocycles. The largest absolute Gasteiger partial charge is 0.463 e. The minimum Gasteiger partial charge on any atom is -0.463 e. The van der Waals surface area contributed by atoms with E-state index in [1.54, 1.807) is 6.26 Å². The number of quaternary nitrogens is 1. The normalized spacial score (nSPS) is 10.6. The zero-order chi connectivity index (χ0) is 13.6. The van der Waals surface area contributed by atoms with Gasteiger partial charge in [-0.05, 0) is 23.3 Å². The molecule has 0 bridgehead atoms. The molecule has 0 saturated heterocycles. The van der Waals surface area contributed by atoms with Crippen molar-refractivity contribution in [1.82, 2.24) is 0 Å². The summed E-state index contributed by atoms with van der Waals surface area (Å²) >= 11 is 0. The van der Waals surface area contributed by atoms with Crippen LogP contribution in [0.15, 0.2) is 77.4 Å². The molecule has 0 atom stereocenters. The minimum absolute atomic E-state index is 0.871. The van der Waals surface area contributed by atoms with E-state index in [2.05, 4.69) is 59.9 Å². The highest BCUT2D eigenvalue weighted by atomic mass is 16.3. The van der Waals surface area contributed by atoms with E-state index in [9.17, 15) is 0 Å². The van der Waals surface area contributed by atoms with Gasteiger partial charge >= 0.3 is 0 Å². The predicted octanol–water partition coefficient (Wildman–Crippen LogP) is 3.21. The molecule has 2 N–H and O–H groups in total. The molecule has 100 valence electrons. The second-order valence-corrected chi connectivity index (χ2v) is 4.80. The van der Waals surface area contributed by atoms with Crippen molar-refractivity contribution >= 4 is 0 Å². The van der Waals surface area contributed by atoms with Gasteiger partial charge in [-0.2, -0.15) is 0 Å². The van der Waals surface area contributed by atoms with Gasteiger partial charge in [0.15, 0.2) is 5.76 Å². The Hall–Kier alpha value is -2.32. The van der Waals surface area contributed by atoms with Crippen LogP contribution in [0.25, 0.3) is 11.1 Å². The van der Waals surface area contributed by atoms with Crippen LogP contribution in [0.5, 0.6) is 0 Å². The SMILES string of the molecule is c1ccc(-c2ccccc2C[NH2+]Cc2ccco2)cc1. The average Bonchev–Trinajstić information content (AvgIpc) is 3.02. The van der Waals surface area contributed by atoms with Crippen molar-refractivity contribution in [3.05, 3.63) is 84.3 Å². The van der Waals surface area contributed by atoms with E-state index in [1.165, 1.54) is 16.7 Å². The first-order valence-electron chi connectivity index (χ1n) is 6.91. The quantitative estimate of drug-likeness (QED) is 0.753. The lowest BCUT2D eigenvalue weighted by Gasteiger charge is -2.08. The van der Waals surface area contributed by atoms with Crippen molar-refractivity contribution < 1.29 is 9.73 Å². The second-order valence-electron chi connectivity index (χ2n) is 4.80. The summed E-state index contributed by atoms with van der Waals surface area (Å²) in [7, 11) is 0. The van der Waals surface area contributed by atoms with Crippen LogP contribution in [0.3, 0.4) is 0 Å². The van der Waals surface area contributed by atoms with Gasteiger partial charge in [-0.15, -0.1) is 0 Å². The molecule has 0 unspecified atom stereocenters.